The maximum atomic E-state index is 5.92. The van der Waals surface area contributed by atoms with Crippen LogP contribution >= 0.6 is 0 Å². The largest absolute Gasteiger partial charge is 0.549 e. The first-order chi connectivity index (χ1) is 8.16. The Morgan fingerprint density at radius 3 is 2.06 bits per heavy atom. The number of benzene rings is 1. The second-order valence-electron chi connectivity index (χ2n) is 7.55. The first kappa shape index (κ1) is 15.5. The van der Waals surface area contributed by atoms with Crippen molar-refractivity contribution in [1.29, 1.82) is 0 Å². The molecule has 0 fully saturated rings. The number of hydrogen-bond acceptors (Lipinski definition) is 1. The van der Waals surface area contributed by atoms with Crippen LogP contribution in [0.3, 0.4) is 0 Å². The minimum Gasteiger partial charge on any atom is -0.549 e. The minimum absolute atomic E-state index is 0.358. The van der Waals surface area contributed by atoms with Crippen molar-refractivity contribution in [3.05, 3.63) is 29.8 Å². The molecule has 0 aliphatic rings. The van der Waals surface area contributed by atoms with Gasteiger partial charge >= 0.3 is 0 Å². The smallest absolute Gasteiger partial charge is 0.224 e. The van der Waals surface area contributed by atoms with Gasteiger partial charge in [0.15, 0.2) is 0 Å². The lowest BCUT2D eigenvalue weighted by molar-refractivity contribution is 0.544. The fourth-order valence-electron chi connectivity index (χ4n) is 1.57. The Bertz CT molecular complexity index is 321. The predicted molar refractivity (Wildman–Crippen MR) is 87.2 cm³/mol. The lowest BCUT2D eigenvalue weighted by Gasteiger charge is -2.18. The van der Waals surface area contributed by atoms with Gasteiger partial charge in [-0.25, -0.2) is 0 Å². The van der Waals surface area contributed by atoms with Crippen molar-refractivity contribution in [2.24, 2.45) is 0 Å². The summed E-state index contributed by atoms with van der Waals surface area (Å²) in [6.45, 7) is 14.0. The SMILES string of the molecule is CC(C)(C)[SiH2]Oc1ccc(CC[Si](C)(C)C)cc1. The van der Waals surface area contributed by atoms with E-state index in [0.717, 1.165) is 5.75 Å². The average Bonchev–Trinajstić information content (AvgIpc) is 2.23. The molecule has 0 aliphatic heterocycles. The van der Waals surface area contributed by atoms with Gasteiger partial charge in [0.2, 0.25) is 9.76 Å². The third kappa shape index (κ3) is 7.01. The van der Waals surface area contributed by atoms with E-state index in [1.54, 1.807) is 0 Å². The molecule has 0 atom stereocenters. The van der Waals surface area contributed by atoms with E-state index in [1.165, 1.54) is 18.0 Å². The van der Waals surface area contributed by atoms with E-state index in [9.17, 15) is 0 Å². The van der Waals surface area contributed by atoms with Crippen LogP contribution in [0, 0.1) is 0 Å². The predicted octanol–water partition coefficient (Wildman–Crippen LogP) is 4.25. The van der Waals surface area contributed by atoms with Crippen LogP contribution in [0.5, 0.6) is 5.75 Å². The summed E-state index contributed by atoms with van der Waals surface area (Å²) in [4.78, 5) is 0. The van der Waals surface area contributed by atoms with Crippen molar-refractivity contribution in [2.75, 3.05) is 0 Å². The summed E-state index contributed by atoms with van der Waals surface area (Å²) < 4.78 is 5.92. The summed E-state index contributed by atoms with van der Waals surface area (Å²) in [5.74, 6) is 1.05. The van der Waals surface area contributed by atoms with Gasteiger partial charge in [-0.3, -0.25) is 0 Å². The molecule has 0 saturated carbocycles. The highest BCUT2D eigenvalue weighted by Crippen LogP contribution is 2.23. The monoisotopic (exact) mass is 280 g/mol. The molecular formula is C15H28OSi2. The van der Waals surface area contributed by atoms with E-state index in [1.807, 2.05) is 0 Å². The molecule has 0 aliphatic carbocycles. The number of rotatable bonds is 5. The van der Waals surface area contributed by atoms with Crippen LogP contribution in [0.4, 0.5) is 0 Å². The molecule has 0 saturated heterocycles. The molecule has 0 N–H and O–H groups in total. The summed E-state index contributed by atoms with van der Waals surface area (Å²) in [6.07, 6.45) is 1.21. The molecule has 102 valence electrons. The molecule has 0 aromatic heterocycles. The standard InChI is InChI=1S/C15H28OSi2/c1-15(2,3)17-16-14-9-7-13(8-10-14)11-12-18(4,5)6/h7-10H,11-12,17H2,1-6H3. The van der Waals surface area contributed by atoms with Crippen molar-refractivity contribution >= 4 is 17.8 Å². The Labute approximate surface area is 116 Å². The van der Waals surface area contributed by atoms with E-state index in [-0.39, 0.29) is 0 Å². The van der Waals surface area contributed by atoms with E-state index in [4.69, 9.17) is 4.43 Å². The van der Waals surface area contributed by atoms with Gasteiger partial charge in [-0.2, -0.15) is 0 Å². The molecule has 0 amide bonds. The van der Waals surface area contributed by atoms with E-state index in [2.05, 4.69) is 64.7 Å². The topological polar surface area (TPSA) is 9.23 Å². The molecule has 0 heterocycles. The molecule has 0 spiro atoms. The fraction of sp³-hybridized carbons (Fsp3) is 0.600. The third-order valence-corrected chi connectivity index (χ3v) is 5.85. The maximum Gasteiger partial charge on any atom is 0.224 e. The van der Waals surface area contributed by atoms with Crippen molar-refractivity contribution in [3.63, 3.8) is 0 Å². The summed E-state index contributed by atoms with van der Waals surface area (Å²) in [5.41, 5.74) is 1.45. The van der Waals surface area contributed by atoms with Crippen LogP contribution in [-0.4, -0.2) is 17.8 Å². The van der Waals surface area contributed by atoms with Crippen LogP contribution in [0.15, 0.2) is 24.3 Å². The first-order valence-corrected chi connectivity index (χ1v) is 11.9. The van der Waals surface area contributed by atoms with Crippen LogP contribution < -0.4 is 4.43 Å². The van der Waals surface area contributed by atoms with Crippen LogP contribution in [0.25, 0.3) is 0 Å². The summed E-state index contributed by atoms with van der Waals surface area (Å²) in [6, 6.07) is 10.1. The molecular weight excluding hydrogens is 252 g/mol. The zero-order chi connectivity index (χ0) is 13.8. The van der Waals surface area contributed by atoms with Gasteiger partial charge in [-0.15, -0.1) is 0 Å². The highest BCUT2D eigenvalue weighted by molar-refractivity contribution is 6.76. The Kier molecular flexibility index (Phi) is 5.23. The lowest BCUT2D eigenvalue weighted by atomic mass is 10.2. The molecule has 0 bridgehead atoms. The van der Waals surface area contributed by atoms with E-state index >= 15 is 0 Å². The van der Waals surface area contributed by atoms with Gasteiger partial charge < -0.3 is 4.43 Å². The molecule has 1 aromatic carbocycles. The molecule has 1 aromatic rings. The average molecular weight is 281 g/mol. The zero-order valence-electron chi connectivity index (χ0n) is 12.8. The summed E-state index contributed by atoms with van der Waals surface area (Å²) in [7, 11) is -1.41. The molecule has 0 unspecified atom stereocenters. The Balaban J connectivity index is 2.48. The zero-order valence-corrected chi connectivity index (χ0v) is 15.3. The number of hydrogen-bond donors (Lipinski definition) is 0. The van der Waals surface area contributed by atoms with Crippen LogP contribution in [-0.2, 0) is 6.42 Å². The summed E-state index contributed by atoms with van der Waals surface area (Å²) >= 11 is 0. The van der Waals surface area contributed by atoms with Gasteiger partial charge in [0, 0.05) is 8.07 Å². The fourth-order valence-corrected chi connectivity index (χ4v) is 3.40. The second kappa shape index (κ2) is 6.06. The molecule has 1 nitrogen and oxygen atoms in total. The highest BCUT2D eigenvalue weighted by atomic mass is 28.3. The van der Waals surface area contributed by atoms with Crippen molar-refractivity contribution in [1.82, 2.24) is 0 Å². The van der Waals surface area contributed by atoms with Gasteiger partial charge in [0.1, 0.15) is 5.75 Å². The lowest BCUT2D eigenvalue weighted by Crippen LogP contribution is -2.19. The van der Waals surface area contributed by atoms with Gasteiger partial charge in [-0.05, 0) is 29.2 Å². The highest BCUT2D eigenvalue weighted by Gasteiger charge is 2.14. The van der Waals surface area contributed by atoms with Gasteiger partial charge in [0.05, 0.1) is 0 Å². The van der Waals surface area contributed by atoms with Crippen LogP contribution in [0.2, 0.25) is 30.7 Å². The second-order valence-corrected chi connectivity index (χ2v) is 15.9. The van der Waals surface area contributed by atoms with Crippen molar-refractivity contribution < 1.29 is 4.43 Å². The van der Waals surface area contributed by atoms with Crippen LogP contribution in [0.1, 0.15) is 26.3 Å². The summed E-state index contributed by atoms with van der Waals surface area (Å²) in [5, 5.41) is 0.358. The quantitative estimate of drug-likeness (QED) is 0.733. The Hall–Kier alpha value is -0.546. The maximum absolute atomic E-state index is 5.92. The van der Waals surface area contributed by atoms with E-state index < -0.39 is 17.8 Å². The van der Waals surface area contributed by atoms with Crippen molar-refractivity contribution in [3.8, 4) is 5.75 Å². The number of aryl methyl sites for hydroxylation is 1. The molecule has 1 rings (SSSR count). The molecule has 18 heavy (non-hydrogen) atoms. The van der Waals surface area contributed by atoms with Gasteiger partial charge in [-0.1, -0.05) is 58.6 Å². The Morgan fingerprint density at radius 2 is 1.61 bits per heavy atom. The normalized spacial score (nSPS) is 13.2. The minimum atomic E-state index is -0.918. The Morgan fingerprint density at radius 1 is 1.06 bits per heavy atom. The van der Waals surface area contributed by atoms with Gasteiger partial charge in [0.25, 0.3) is 0 Å². The van der Waals surface area contributed by atoms with E-state index in [0.29, 0.717) is 5.04 Å². The first-order valence-electron chi connectivity index (χ1n) is 6.87. The third-order valence-electron chi connectivity index (χ3n) is 2.76. The molecule has 0 radical (unpaired) electrons. The molecule has 3 heteroatoms. The van der Waals surface area contributed by atoms with Crippen molar-refractivity contribution in [2.45, 2.75) is 57.9 Å².